The minimum atomic E-state index is -3.64. The monoisotopic (exact) mass is 316 g/mol. The second-order valence-electron chi connectivity index (χ2n) is 5.79. The third-order valence-corrected chi connectivity index (χ3v) is 5.24. The molecule has 0 atom stereocenters. The molecular formula is C18H20O3S. The topological polar surface area (TPSA) is 43.4 Å². The lowest BCUT2D eigenvalue weighted by molar-refractivity contribution is 0.478. The van der Waals surface area contributed by atoms with E-state index in [1.54, 1.807) is 18.2 Å². The summed E-state index contributed by atoms with van der Waals surface area (Å²) in [6.07, 6.45) is 4.63. The number of para-hydroxylation sites is 1. The maximum Gasteiger partial charge on any atom is 0.313 e. The Morgan fingerprint density at radius 2 is 1.55 bits per heavy atom. The van der Waals surface area contributed by atoms with Crippen LogP contribution < -0.4 is 4.18 Å². The van der Waals surface area contributed by atoms with E-state index < -0.39 is 10.1 Å². The fourth-order valence-electron chi connectivity index (χ4n) is 3.08. The molecule has 116 valence electrons. The van der Waals surface area contributed by atoms with Crippen LogP contribution in [0.1, 0.15) is 42.7 Å². The second-order valence-corrected chi connectivity index (χ2v) is 7.36. The highest BCUT2D eigenvalue weighted by Crippen LogP contribution is 2.39. The molecule has 0 aliphatic heterocycles. The average Bonchev–Trinajstić information content (AvgIpc) is 3.02. The summed E-state index contributed by atoms with van der Waals surface area (Å²) < 4.78 is 30.1. The van der Waals surface area contributed by atoms with E-state index >= 15 is 0 Å². The zero-order valence-electron chi connectivity index (χ0n) is 12.4. The molecule has 0 radical (unpaired) electrons. The Bertz CT molecular complexity index is 717. The van der Waals surface area contributed by atoms with Crippen molar-refractivity contribution in [3.05, 3.63) is 65.7 Å². The van der Waals surface area contributed by atoms with Gasteiger partial charge in [0.2, 0.25) is 0 Å². The lowest BCUT2D eigenvalue weighted by Crippen LogP contribution is -2.13. The Hall–Kier alpha value is -1.81. The van der Waals surface area contributed by atoms with Gasteiger partial charge in [-0.1, -0.05) is 61.4 Å². The van der Waals surface area contributed by atoms with Crippen LogP contribution >= 0.6 is 0 Å². The van der Waals surface area contributed by atoms with E-state index in [1.807, 2.05) is 36.4 Å². The first-order chi connectivity index (χ1) is 10.6. The summed E-state index contributed by atoms with van der Waals surface area (Å²) in [5.74, 6) is 0.806. The van der Waals surface area contributed by atoms with Crippen LogP contribution in [0.2, 0.25) is 0 Å². The molecule has 22 heavy (non-hydrogen) atoms. The van der Waals surface area contributed by atoms with E-state index in [9.17, 15) is 8.42 Å². The first-order valence-electron chi connectivity index (χ1n) is 7.69. The molecule has 1 aliphatic carbocycles. The average molecular weight is 316 g/mol. The van der Waals surface area contributed by atoms with Crippen LogP contribution in [-0.2, 0) is 15.9 Å². The Labute approximate surface area is 132 Å². The fraction of sp³-hybridized carbons (Fsp3) is 0.333. The Balaban J connectivity index is 1.80. The fourth-order valence-corrected chi connectivity index (χ4v) is 4.16. The first-order valence-corrected chi connectivity index (χ1v) is 9.27. The van der Waals surface area contributed by atoms with E-state index in [-0.39, 0.29) is 5.75 Å². The second kappa shape index (κ2) is 6.53. The normalized spacial score (nSPS) is 15.8. The van der Waals surface area contributed by atoms with Gasteiger partial charge < -0.3 is 4.18 Å². The van der Waals surface area contributed by atoms with Gasteiger partial charge in [-0.15, -0.1) is 0 Å². The van der Waals surface area contributed by atoms with Crippen molar-refractivity contribution in [1.82, 2.24) is 0 Å². The van der Waals surface area contributed by atoms with Crippen molar-refractivity contribution < 1.29 is 12.6 Å². The Morgan fingerprint density at radius 3 is 2.27 bits per heavy atom. The molecule has 0 aromatic heterocycles. The molecule has 0 saturated heterocycles. The molecule has 4 heteroatoms. The van der Waals surface area contributed by atoms with Gasteiger partial charge in [0.25, 0.3) is 0 Å². The Kier molecular flexibility index (Phi) is 4.48. The van der Waals surface area contributed by atoms with Crippen LogP contribution in [0.25, 0.3) is 0 Å². The van der Waals surface area contributed by atoms with Crippen LogP contribution in [0.4, 0.5) is 0 Å². The molecule has 1 fully saturated rings. The molecule has 1 aliphatic rings. The number of benzene rings is 2. The third-order valence-electron chi connectivity index (χ3n) is 4.12. The molecule has 3 rings (SSSR count). The third kappa shape index (κ3) is 3.69. The highest BCUT2D eigenvalue weighted by atomic mass is 32.2. The quantitative estimate of drug-likeness (QED) is 0.774. The van der Waals surface area contributed by atoms with E-state index in [4.69, 9.17) is 4.18 Å². The van der Waals surface area contributed by atoms with E-state index in [1.165, 1.54) is 12.8 Å². The molecule has 3 nitrogen and oxygen atoms in total. The van der Waals surface area contributed by atoms with Crippen LogP contribution in [0.5, 0.6) is 5.75 Å². The SMILES string of the molecule is O=S(=O)(Cc1ccccc1)Oc1ccccc1C1CCCC1. The summed E-state index contributed by atoms with van der Waals surface area (Å²) in [5.41, 5.74) is 1.76. The van der Waals surface area contributed by atoms with Crippen molar-refractivity contribution in [1.29, 1.82) is 0 Å². The van der Waals surface area contributed by atoms with Crippen molar-refractivity contribution in [3.63, 3.8) is 0 Å². The molecule has 2 aromatic carbocycles. The van der Waals surface area contributed by atoms with E-state index in [0.29, 0.717) is 11.7 Å². The molecule has 0 N–H and O–H groups in total. The van der Waals surface area contributed by atoms with Gasteiger partial charge in [0.15, 0.2) is 0 Å². The number of rotatable bonds is 5. The minimum absolute atomic E-state index is 0.104. The van der Waals surface area contributed by atoms with Crippen molar-refractivity contribution >= 4 is 10.1 Å². The maximum atomic E-state index is 12.3. The highest BCUT2D eigenvalue weighted by molar-refractivity contribution is 7.86. The van der Waals surface area contributed by atoms with Crippen molar-refractivity contribution in [2.75, 3.05) is 0 Å². The summed E-state index contributed by atoms with van der Waals surface area (Å²) >= 11 is 0. The molecule has 0 bridgehead atoms. The van der Waals surface area contributed by atoms with Crippen molar-refractivity contribution in [2.24, 2.45) is 0 Å². The summed E-state index contributed by atoms with van der Waals surface area (Å²) in [6.45, 7) is 0. The number of hydrogen-bond acceptors (Lipinski definition) is 3. The molecular weight excluding hydrogens is 296 g/mol. The van der Waals surface area contributed by atoms with Crippen molar-refractivity contribution in [2.45, 2.75) is 37.4 Å². The summed E-state index contributed by atoms with van der Waals surface area (Å²) in [4.78, 5) is 0. The minimum Gasteiger partial charge on any atom is -0.382 e. The smallest absolute Gasteiger partial charge is 0.313 e. The van der Waals surface area contributed by atoms with Gasteiger partial charge in [-0.2, -0.15) is 8.42 Å². The highest BCUT2D eigenvalue weighted by Gasteiger charge is 2.23. The van der Waals surface area contributed by atoms with Crippen LogP contribution in [0, 0.1) is 0 Å². The summed E-state index contributed by atoms with van der Waals surface area (Å²) in [5, 5.41) is 0. The molecule has 0 amide bonds. The largest absolute Gasteiger partial charge is 0.382 e. The standard InChI is InChI=1S/C18H20O3S/c19-22(20,14-15-8-2-1-3-9-15)21-18-13-7-6-12-17(18)16-10-4-5-11-16/h1-3,6-9,12-13,16H,4-5,10-11,14H2. The predicted molar refractivity (Wildman–Crippen MR) is 87.3 cm³/mol. The maximum absolute atomic E-state index is 12.3. The van der Waals surface area contributed by atoms with Crippen LogP contribution in [0.15, 0.2) is 54.6 Å². The van der Waals surface area contributed by atoms with Crippen LogP contribution in [0.3, 0.4) is 0 Å². The summed E-state index contributed by atoms with van der Waals surface area (Å²) in [6, 6.07) is 16.6. The predicted octanol–water partition coefficient (Wildman–Crippen LogP) is 4.25. The van der Waals surface area contributed by atoms with Crippen LogP contribution in [-0.4, -0.2) is 8.42 Å². The van der Waals surface area contributed by atoms with Gasteiger partial charge in [0, 0.05) is 0 Å². The first kappa shape index (κ1) is 15.1. The zero-order valence-corrected chi connectivity index (χ0v) is 13.3. The molecule has 1 saturated carbocycles. The zero-order chi connectivity index (χ0) is 15.4. The van der Waals surface area contributed by atoms with Gasteiger partial charge >= 0.3 is 10.1 Å². The lowest BCUT2D eigenvalue weighted by atomic mass is 9.97. The van der Waals surface area contributed by atoms with Gasteiger partial charge in [-0.25, -0.2) is 0 Å². The molecule has 0 spiro atoms. The lowest BCUT2D eigenvalue weighted by Gasteiger charge is -2.15. The van der Waals surface area contributed by atoms with Gasteiger partial charge in [0.05, 0.1) is 0 Å². The molecule has 0 unspecified atom stereocenters. The van der Waals surface area contributed by atoms with Gasteiger partial charge in [-0.3, -0.25) is 0 Å². The van der Waals surface area contributed by atoms with Gasteiger partial charge in [0.1, 0.15) is 11.5 Å². The Morgan fingerprint density at radius 1 is 0.909 bits per heavy atom. The van der Waals surface area contributed by atoms with E-state index in [0.717, 1.165) is 24.0 Å². The molecule has 2 aromatic rings. The number of hydrogen-bond donors (Lipinski definition) is 0. The summed E-state index contributed by atoms with van der Waals surface area (Å²) in [7, 11) is -3.64. The molecule has 0 heterocycles. The van der Waals surface area contributed by atoms with E-state index in [2.05, 4.69) is 0 Å². The van der Waals surface area contributed by atoms with Gasteiger partial charge in [-0.05, 0) is 36.0 Å². The van der Waals surface area contributed by atoms with Crippen molar-refractivity contribution in [3.8, 4) is 5.75 Å².